The highest BCUT2D eigenvalue weighted by Gasteiger charge is 2.15. The van der Waals surface area contributed by atoms with Crippen molar-refractivity contribution in [3.05, 3.63) is 49.6 Å². The second-order valence-corrected chi connectivity index (χ2v) is 7.01. The van der Waals surface area contributed by atoms with E-state index in [-0.39, 0.29) is 5.91 Å². The fraction of sp³-hybridized carbons (Fsp3) is 0.267. The smallest absolute Gasteiger partial charge is 0.251 e. The molecule has 3 rings (SSSR count). The number of fused-ring (bicyclic) bond motifs is 1. The van der Waals surface area contributed by atoms with Crippen LogP contribution in [0.25, 0.3) is 0 Å². The average molecular weight is 351 g/mol. The summed E-state index contributed by atoms with van der Waals surface area (Å²) < 4.78 is 0.750. The molecule has 0 fully saturated rings. The van der Waals surface area contributed by atoms with Crippen molar-refractivity contribution in [1.29, 1.82) is 0 Å². The summed E-state index contributed by atoms with van der Waals surface area (Å²) in [5, 5.41) is 2.96. The molecular weight excluding hydrogens is 336 g/mol. The van der Waals surface area contributed by atoms with Crippen molar-refractivity contribution in [3.8, 4) is 0 Å². The van der Waals surface area contributed by atoms with E-state index in [9.17, 15) is 4.79 Å². The minimum Gasteiger partial charge on any atom is -0.398 e. The van der Waals surface area contributed by atoms with Gasteiger partial charge in [-0.25, -0.2) is 0 Å². The van der Waals surface area contributed by atoms with Crippen LogP contribution in [0, 0.1) is 0 Å². The maximum atomic E-state index is 12.1. The van der Waals surface area contributed by atoms with Crippen LogP contribution >= 0.6 is 27.3 Å². The quantitative estimate of drug-likeness (QED) is 0.832. The molecule has 0 atom stereocenters. The van der Waals surface area contributed by atoms with Crippen LogP contribution in [0.1, 0.15) is 32.1 Å². The first-order valence-electron chi connectivity index (χ1n) is 6.57. The SMILES string of the molecule is Nc1ccc(C(=O)NCc2cc3c(s2)CCC3)cc1Br. The zero-order valence-electron chi connectivity index (χ0n) is 10.9. The minimum atomic E-state index is -0.0701. The number of carbonyl (C=O) groups excluding carboxylic acids is 1. The molecule has 0 saturated heterocycles. The lowest BCUT2D eigenvalue weighted by Crippen LogP contribution is -2.22. The molecule has 1 aliphatic rings. The fourth-order valence-electron chi connectivity index (χ4n) is 2.42. The molecule has 20 heavy (non-hydrogen) atoms. The zero-order valence-corrected chi connectivity index (χ0v) is 13.3. The molecule has 5 heteroatoms. The third-order valence-corrected chi connectivity index (χ3v) is 5.41. The predicted octanol–water partition coefficient (Wildman–Crippen LogP) is 3.51. The molecule has 0 aliphatic heterocycles. The normalized spacial score (nSPS) is 13.2. The standard InChI is InChI=1S/C15H15BrN2OS/c16-12-7-10(4-5-13(12)17)15(19)18-8-11-6-9-2-1-3-14(9)20-11/h4-7H,1-3,8,17H2,(H,18,19). The van der Waals surface area contributed by atoms with Gasteiger partial charge in [0.2, 0.25) is 0 Å². The van der Waals surface area contributed by atoms with Crippen LogP contribution in [0.15, 0.2) is 28.7 Å². The van der Waals surface area contributed by atoms with Crippen LogP contribution in [0.3, 0.4) is 0 Å². The van der Waals surface area contributed by atoms with E-state index in [0.29, 0.717) is 17.8 Å². The number of anilines is 1. The maximum absolute atomic E-state index is 12.1. The molecule has 3 nitrogen and oxygen atoms in total. The third kappa shape index (κ3) is 2.74. The van der Waals surface area contributed by atoms with Gasteiger partial charge in [0.1, 0.15) is 0 Å². The van der Waals surface area contributed by atoms with Gasteiger partial charge < -0.3 is 11.1 Å². The number of nitrogen functional groups attached to an aromatic ring is 1. The number of carbonyl (C=O) groups is 1. The van der Waals surface area contributed by atoms with Crippen molar-refractivity contribution in [2.45, 2.75) is 25.8 Å². The summed E-state index contributed by atoms with van der Waals surface area (Å²) in [4.78, 5) is 14.8. The number of benzene rings is 1. The first kappa shape index (κ1) is 13.6. The Morgan fingerprint density at radius 3 is 2.95 bits per heavy atom. The second kappa shape index (κ2) is 5.58. The largest absolute Gasteiger partial charge is 0.398 e. The number of hydrogen-bond donors (Lipinski definition) is 2. The molecule has 3 N–H and O–H groups in total. The molecule has 1 heterocycles. The molecule has 1 aliphatic carbocycles. The number of thiophene rings is 1. The van der Waals surface area contributed by atoms with Gasteiger partial charge in [-0.3, -0.25) is 4.79 Å². The van der Waals surface area contributed by atoms with Gasteiger partial charge in [0.25, 0.3) is 5.91 Å². The Hall–Kier alpha value is -1.33. The van der Waals surface area contributed by atoms with Gasteiger partial charge in [0, 0.05) is 25.5 Å². The van der Waals surface area contributed by atoms with Gasteiger partial charge in [0.05, 0.1) is 6.54 Å². The van der Waals surface area contributed by atoms with Crippen LogP contribution in [-0.4, -0.2) is 5.91 Å². The lowest BCUT2D eigenvalue weighted by molar-refractivity contribution is 0.0951. The molecule has 2 aromatic rings. The molecular formula is C15H15BrN2OS. The number of rotatable bonds is 3. The fourth-order valence-corrected chi connectivity index (χ4v) is 3.99. The van der Waals surface area contributed by atoms with E-state index in [1.54, 1.807) is 18.2 Å². The Kier molecular flexibility index (Phi) is 3.81. The van der Waals surface area contributed by atoms with E-state index in [4.69, 9.17) is 5.73 Å². The highest BCUT2D eigenvalue weighted by Crippen LogP contribution is 2.30. The van der Waals surface area contributed by atoms with Crippen molar-refractivity contribution in [3.63, 3.8) is 0 Å². The molecule has 104 valence electrons. The second-order valence-electron chi connectivity index (χ2n) is 4.93. The van der Waals surface area contributed by atoms with Gasteiger partial charge in [-0.05, 0) is 65.0 Å². The van der Waals surface area contributed by atoms with Crippen LogP contribution < -0.4 is 11.1 Å². The van der Waals surface area contributed by atoms with E-state index >= 15 is 0 Å². The molecule has 0 unspecified atom stereocenters. The summed E-state index contributed by atoms with van der Waals surface area (Å²) in [6.45, 7) is 0.596. The summed E-state index contributed by atoms with van der Waals surface area (Å²) in [5.74, 6) is -0.0701. The van der Waals surface area contributed by atoms with Crippen molar-refractivity contribution < 1.29 is 4.79 Å². The monoisotopic (exact) mass is 350 g/mol. The number of aryl methyl sites for hydroxylation is 2. The molecule has 0 spiro atoms. The van der Waals surface area contributed by atoms with Crippen LogP contribution in [0.2, 0.25) is 0 Å². The molecule has 1 aromatic carbocycles. The molecule has 1 aromatic heterocycles. The Morgan fingerprint density at radius 2 is 2.20 bits per heavy atom. The average Bonchev–Trinajstić information content (AvgIpc) is 3.00. The topological polar surface area (TPSA) is 55.1 Å². The number of nitrogens with one attached hydrogen (secondary N) is 1. The highest BCUT2D eigenvalue weighted by atomic mass is 79.9. The van der Waals surface area contributed by atoms with Crippen molar-refractivity contribution in [2.75, 3.05) is 5.73 Å². The van der Waals surface area contributed by atoms with Gasteiger partial charge in [-0.2, -0.15) is 0 Å². The van der Waals surface area contributed by atoms with Gasteiger partial charge in [0.15, 0.2) is 0 Å². The van der Waals surface area contributed by atoms with Crippen molar-refractivity contribution in [1.82, 2.24) is 5.32 Å². The number of halogens is 1. The summed E-state index contributed by atoms with van der Waals surface area (Å²) >= 11 is 5.16. The van der Waals surface area contributed by atoms with E-state index in [1.807, 2.05) is 11.3 Å². The summed E-state index contributed by atoms with van der Waals surface area (Å²) in [7, 11) is 0. The minimum absolute atomic E-state index is 0.0701. The van der Waals surface area contributed by atoms with Crippen LogP contribution in [-0.2, 0) is 19.4 Å². The molecule has 0 saturated carbocycles. The van der Waals surface area contributed by atoms with E-state index in [2.05, 4.69) is 27.3 Å². The molecule has 0 bridgehead atoms. The Balaban J connectivity index is 1.65. The third-order valence-electron chi connectivity index (χ3n) is 3.48. The zero-order chi connectivity index (χ0) is 14.1. The summed E-state index contributed by atoms with van der Waals surface area (Å²) in [6, 6.07) is 7.45. The number of nitrogens with two attached hydrogens (primary N) is 1. The van der Waals surface area contributed by atoms with Crippen LogP contribution in [0.5, 0.6) is 0 Å². The van der Waals surface area contributed by atoms with E-state index in [1.165, 1.54) is 34.6 Å². The lowest BCUT2D eigenvalue weighted by atomic mass is 10.2. The van der Waals surface area contributed by atoms with Crippen LogP contribution in [0.4, 0.5) is 5.69 Å². The molecule has 0 radical (unpaired) electrons. The maximum Gasteiger partial charge on any atom is 0.251 e. The van der Waals surface area contributed by atoms with Gasteiger partial charge in [-0.1, -0.05) is 0 Å². The first-order valence-corrected chi connectivity index (χ1v) is 8.18. The Labute approximate surface area is 130 Å². The Morgan fingerprint density at radius 1 is 1.35 bits per heavy atom. The van der Waals surface area contributed by atoms with Crippen molar-refractivity contribution in [2.24, 2.45) is 0 Å². The summed E-state index contributed by atoms with van der Waals surface area (Å²) in [6.07, 6.45) is 3.65. The first-order chi connectivity index (χ1) is 9.63. The number of hydrogen-bond acceptors (Lipinski definition) is 3. The van der Waals surface area contributed by atoms with E-state index < -0.39 is 0 Å². The van der Waals surface area contributed by atoms with E-state index in [0.717, 1.165) is 4.47 Å². The van der Waals surface area contributed by atoms with Crippen molar-refractivity contribution >= 4 is 38.9 Å². The van der Waals surface area contributed by atoms with Gasteiger partial charge in [-0.15, -0.1) is 11.3 Å². The summed E-state index contributed by atoms with van der Waals surface area (Å²) in [5.41, 5.74) is 8.44. The van der Waals surface area contributed by atoms with Gasteiger partial charge >= 0.3 is 0 Å². The number of amides is 1. The Bertz CT molecular complexity index is 644. The molecule has 1 amide bonds. The highest BCUT2D eigenvalue weighted by molar-refractivity contribution is 9.10. The lowest BCUT2D eigenvalue weighted by Gasteiger charge is -2.05. The predicted molar refractivity (Wildman–Crippen MR) is 86.1 cm³/mol.